The van der Waals surface area contributed by atoms with Crippen LogP contribution < -0.4 is 5.32 Å². The molecule has 1 saturated heterocycles. The quantitative estimate of drug-likeness (QED) is 0.374. The summed E-state index contributed by atoms with van der Waals surface area (Å²) in [6.07, 6.45) is 4.64. The third-order valence-electron chi connectivity index (χ3n) is 8.31. The van der Waals surface area contributed by atoms with Gasteiger partial charge >= 0.3 is 0 Å². The lowest BCUT2D eigenvalue weighted by Crippen LogP contribution is -2.49. The number of aromatic amines is 1. The molecule has 39 heavy (non-hydrogen) atoms. The van der Waals surface area contributed by atoms with E-state index < -0.39 is 11.9 Å². The predicted molar refractivity (Wildman–Crippen MR) is 148 cm³/mol. The molecule has 0 bridgehead atoms. The van der Waals surface area contributed by atoms with Crippen LogP contribution >= 0.6 is 0 Å². The van der Waals surface area contributed by atoms with E-state index in [1.807, 2.05) is 42.2 Å². The summed E-state index contributed by atoms with van der Waals surface area (Å²) in [5, 5.41) is 2.95. The van der Waals surface area contributed by atoms with E-state index in [4.69, 9.17) is 0 Å². The molecule has 0 radical (unpaired) electrons. The summed E-state index contributed by atoms with van der Waals surface area (Å²) in [5.41, 5.74) is 1.92. The number of amides is 2. The minimum Gasteiger partial charge on any atom is -0.346 e. The van der Waals surface area contributed by atoms with Crippen molar-refractivity contribution in [3.05, 3.63) is 65.7 Å². The number of ketones is 1. The van der Waals surface area contributed by atoms with E-state index in [0.717, 1.165) is 37.7 Å². The number of imidazole rings is 1. The molecule has 2 N–H and O–H groups in total. The number of likely N-dealkylation sites (tertiary alicyclic amines) is 1. The highest BCUT2D eigenvalue weighted by Crippen LogP contribution is 2.47. The third kappa shape index (κ3) is 6.05. The molecule has 206 valence electrons. The maximum Gasteiger partial charge on any atom is 0.225 e. The van der Waals surface area contributed by atoms with Crippen LogP contribution in [0, 0.1) is 11.7 Å². The van der Waals surface area contributed by atoms with E-state index in [0.29, 0.717) is 17.9 Å². The molecular formula is C31H37FN4O3. The van der Waals surface area contributed by atoms with Crippen molar-refractivity contribution in [3.8, 4) is 0 Å². The average Bonchev–Trinajstić information content (AvgIpc) is 3.63. The first kappa shape index (κ1) is 27.0. The van der Waals surface area contributed by atoms with Gasteiger partial charge in [0.2, 0.25) is 11.8 Å². The lowest BCUT2D eigenvalue weighted by Gasteiger charge is -2.36. The number of fused-ring (bicyclic) bond motifs is 1. The van der Waals surface area contributed by atoms with E-state index in [-0.39, 0.29) is 59.8 Å². The molecule has 1 aliphatic heterocycles. The van der Waals surface area contributed by atoms with Crippen molar-refractivity contribution in [2.45, 2.75) is 82.7 Å². The van der Waals surface area contributed by atoms with Crippen molar-refractivity contribution in [1.29, 1.82) is 0 Å². The Hall–Kier alpha value is -3.55. The molecule has 3 aromatic rings. The fraction of sp³-hybridized carbons (Fsp3) is 0.484. The molecular weight excluding hydrogens is 495 g/mol. The number of nitrogens with zero attached hydrogens (tertiary/aromatic N) is 2. The number of nitrogens with one attached hydrogen (secondary N) is 2. The molecule has 0 unspecified atom stereocenters. The molecule has 1 aliphatic carbocycles. The zero-order valence-corrected chi connectivity index (χ0v) is 22.7. The Balaban J connectivity index is 1.30. The highest BCUT2D eigenvalue weighted by molar-refractivity contribution is 5.95. The van der Waals surface area contributed by atoms with Crippen molar-refractivity contribution in [1.82, 2.24) is 20.2 Å². The van der Waals surface area contributed by atoms with E-state index >= 15 is 0 Å². The van der Waals surface area contributed by atoms with Gasteiger partial charge in [-0.05, 0) is 55.7 Å². The van der Waals surface area contributed by atoms with E-state index in [1.165, 1.54) is 6.07 Å². The number of aromatic nitrogens is 2. The maximum absolute atomic E-state index is 14.2. The van der Waals surface area contributed by atoms with Crippen molar-refractivity contribution < 1.29 is 18.8 Å². The van der Waals surface area contributed by atoms with Crippen molar-refractivity contribution in [2.75, 3.05) is 6.54 Å². The molecule has 2 aromatic carbocycles. The SMILES string of the molecule is CC[C@H]1CCCCN1C(=O)C[C@H](NC(=O)[C@H]1C[C@@H]1c1ccccc1)C(=O)C[C@@H](C)c1nc2c(F)cccc2[nH]1. The van der Waals surface area contributed by atoms with Gasteiger partial charge in [-0.1, -0.05) is 50.2 Å². The maximum atomic E-state index is 14.2. The smallest absolute Gasteiger partial charge is 0.225 e. The number of piperidine rings is 1. The lowest BCUT2D eigenvalue weighted by atomic mass is 9.95. The number of carbonyl (C=O) groups excluding carboxylic acids is 3. The second-order valence-corrected chi connectivity index (χ2v) is 11.1. The number of H-pyrrole nitrogens is 1. The normalized spacial score (nSPS) is 22.3. The number of hydrogen-bond donors (Lipinski definition) is 2. The fourth-order valence-electron chi connectivity index (χ4n) is 5.91. The van der Waals surface area contributed by atoms with Crippen LogP contribution in [0.25, 0.3) is 11.0 Å². The molecule has 2 fully saturated rings. The highest BCUT2D eigenvalue weighted by Gasteiger charge is 2.45. The first-order chi connectivity index (χ1) is 18.9. The minimum atomic E-state index is -0.912. The van der Waals surface area contributed by atoms with Crippen molar-refractivity contribution in [3.63, 3.8) is 0 Å². The van der Waals surface area contributed by atoms with Crippen molar-refractivity contribution >= 4 is 28.6 Å². The van der Waals surface area contributed by atoms with Gasteiger partial charge in [0.05, 0.1) is 18.0 Å². The summed E-state index contributed by atoms with van der Waals surface area (Å²) in [6, 6.07) is 13.9. The van der Waals surface area contributed by atoms with Crippen LogP contribution in [0.5, 0.6) is 0 Å². The minimum absolute atomic E-state index is 0.0503. The molecule has 1 saturated carbocycles. The monoisotopic (exact) mass is 532 g/mol. The molecule has 0 spiro atoms. The van der Waals surface area contributed by atoms with Gasteiger partial charge in [0.1, 0.15) is 11.3 Å². The van der Waals surface area contributed by atoms with Gasteiger partial charge in [-0.25, -0.2) is 9.37 Å². The topological polar surface area (TPSA) is 95.2 Å². The molecule has 5 atom stereocenters. The van der Waals surface area contributed by atoms with Crippen LogP contribution in [0.2, 0.25) is 0 Å². The van der Waals surface area contributed by atoms with Gasteiger partial charge in [-0.15, -0.1) is 0 Å². The summed E-state index contributed by atoms with van der Waals surface area (Å²) in [5.74, 6) is -0.807. The molecule has 2 heterocycles. The summed E-state index contributed by atoms with van der Waals surface area (Å²) in [6.45, 7) is 4.61. The number of rotatable bonds is 10. The van der Waals surface area contributed by atoms with Crippen LogP contribution in [0.15, 0.2) is 48.5 Å². The molecule has 2 amide bonds. The summed E-state index contributed by atoms with van der Waals surface area (Å²) < 4.78 is 14.2. The van der Waals surface area contributed by atoms with Crippen LogP contribution in [-0.2, 0) is 14.4 Å². The van der Waals surface area contributed by atoms with Gasteiger partial charge in [-0.3, -0.25) is 14.4 Å². The Morgan fingerprint density at radius 2 is 1.90 bits per heavy atom. The number of hydrogen-bond acceptors (Lipinski definition) is 4. The molecule has 2 aliphatic rings. The van der Waals surface area contributed by atoms with Crippen LogP contribution in [0.3, 0.4) is 0 Å². The van der Waals surface area contributed by atoms with Gasteiger partial charge in [0.15, 0.2) is 11.6 Å². The second-order valence-electron chi connectivity index (χ2n) is 11.1. The van der Waals surface area contributed by atoms with Crippen molar-refractivity contribution in [2.24, 2.45) is 5.92 Å². The van der Waals surface area contributed by atoms with Gasteiger partial charge in [0.25, 0.3) is 0 Å². The number of Topliss-reactive ketones (excluding diaryl/α,β-unsaturated/α-hetero) is 1. The molecule has 8 heteroatoms. The van der Waals surface area contributed by atoms with E-state index in [2.05, 4.69) is 22.2 Å². The zero-order valence-electron chi connectivity index (χ0n) is 22.7. The Kier molecular flexibility index (Phi) is 8.10. The number of benzene rings is 2. The Bertz CT molecular complexity index is 1340. The van der Waals surface area contributed by atoms with E-state index in [1.54, 1.807) is 12.1 Å². The van der Waals surface area contributed by atoms with Crippen LogP contribution in [-0.4, -0.2) is 51.1 Å². The number of para-hydroxylation sites is 1. The molecule has 1 aromatic heterocycles. The Morgan fingerprint density at radius 1 is 1.10 bits per heavy atom. The summed E-state index contributed by atoms with van der Waals surface area (Å²) in [4.78, 5) is 49.6. The fourth-order valence-corrected chi connectivity index (χ4v) is 5.91. The van der Waals surface area contributed by atoms with Crippen LogP contribution in [0.1, 0.15) is 82.0 Å². The standard InChI is InChI=1S/C31H37FN4O3/c1-3-21-12-7-8-15-36(21)28(38)18-26(34-31(39)23-17-22(23)20-10-5-4-6-11-20)27(37)16-19(2)30-33-25-14-9-13-24(32)29(25)35-30/h4-6,9-11,13-14,19,21-23,26H,3,7-8,12,15-18H2,1-2H3,(H,33,35)(H,34,39)/t19-,21+,22-,23+,26+/m1/s1. The Morgan fingerprint density at radius 3 is 2.64 bits per heavy atom. The number of halogens is 1. The summed E-state index contributed by atoms with van der Waals surface area (Å²) >= 11 is 0. The molecule has 7 nitrogen and oxygen atoms in total. The lowest BCUT2D eigenvalue weighted by molar-refractivity contribution is -0.138. The third-order valence-corrected chi connectivity index (χ3v) is 8.31. The predicted octanol–water partition coefficient (Wildman–Crippen LogP) is 5.23. The largest absolute Gasteiger partial charge is 0.346 e. The van der Waals surface area contributed by atoms with Gasteiger partial charge in [0, 0.05) is 30.8 Å². The van der Waals surface area contributed by atoms with Gasteiger partial charge in [-0.2, -0.15) is 0 Å². The number of carbonyl (C=O) groups is 3. The van der Waals surface area contributed by atoms with Gasteiger partial charge < -0.3 is 15.2 Å². The average molecular weight is 533 g/mol. The second kappa shape index (κ2) is 11.7. The first-order valence-electron chi connectivity index (χ1n) is 14.2. The highest BCUT2D eigenvalue weighted by atomic mass is 19.1. The molecule has 5 rings (SSSR count). The Labute approximate surface area is 228 Å². The van der Waals surface area contributed by atoms with E-state index in [9.17, 15) is 18.8 Å². The zero-order chi connectivity index (χ0) is 27.5. The van der Waals surface area contributed by atoms with Crippen LogP contribution in [0.4, 0.5) is 4.39 Å². The first-order valence-corrected chi connectivity index (χ1v) is 14.2. The summed E-state index contributed by atoms with van der Waals surface area (Å²) in [7, 11) is 0.